The lowest BCUT2D eigenvalue weighted by molar-refractivity contribution is 0.260. The lowest BCUT2D eigenvalue weighted by atomic mass is 10.3. The minimum atomic E-state index is -3.39. The first-order valence-electron chi connectivity index (χ1n) is 9.01. The monoisotopic (exact) mass is 411 g/mol. The average molecular weight is 412 g/mol. The fraction of sp³-hybridized carbons (Fsp3) is 0.529. The Morgan fingerprint density at radius 1 is 1.33 bits per heavy atom. The lowest BCUT2D eigenvalue weighted by Crippen LogP contribution is -2.54. The third-order valence-corrected chi connectivity index (χ3v) is 7.04. The molecule has 1 fully saturated rings. The van der Waals surface area contributed by atoms with E-state index in [1.54, 1.807) is 17.4 Å². The topological polar surface area (TPSA) is 91.0 Å². The summed E-state index contributed by atoms with van der Waals surface area (Å²) < 4.78 is 31.3. The molecule has 0 atom stereocenters. The van der Waals surface area contributed by atoms with E-state index in [4.69, 9.17) is 9.52 Å². The van der Waals surface area contributed by atoms with Crippen LogP contribution in [0.4, 0.5) is 0 Å². The SMILES string of the molecule is CCNC(=NCCc1cccs1)N1CCN(S(=O)(=O)Cc2ccon2)CC1. The van der Waals surface area contributed by atoms with Gasteiger partial charge in [-0.2, -0.15) is 4.31 Å². The molecule has 148 valence electrons. The van der Waals surface area contributed by atoms with E-state index in [2.05, 4.69) is 26.8 Å². The molecule has 0 unspecified atom stereocenters. The first-order chi connectivity index (χ1) is 13.1. The van der Waals surface area contributed by atoms with E-state index in [1.165, 1.54) is 15.4 Å². The van der Waals surface area contributed by atoms with Crippen molar-refractivity contribution in [1.29, 1.82) is 0 Å². The highest BCUT2D eigenvalue weighted by atomic mass is 32.2. The van der Waals surface area contributed by atoms with Crippen LogP contribution in [-0.4, -0.2) is 68.0 Å². The fourth-order valence-electron chi connectivity index (χ4n) is 2.92. The molecule has 0 aromatic carbocycles. The van der Waals surface area contributed by atoms with Gasteiger partial charge in [-0.1, -0.05) is 11.2 Å². The number of nitrogens with one attached hydrogen (secondary N) is 1. The average Bonchev–Trinajstić information content (AvgIpc) is 3.35. The summed E-state index contributed by atoms with van der Waals surface area (Å²) >= 11 is 1.74. The molecule has 1 aliphatic heterocycles. The number of hydrogen-bond acceptors (Lipinski definition) is 6. The summed E-state index contributed by atoms with van der Waals surface area (Å²) in [6.45, 7) is 5.64. The van der Waals surface area contributed by atoms with Gasteiger partial charge in [-0.15, -0.1) is 11.3 Å². The first kappa shape index (κ1) is 19.8. The lowest BCUT2D eigenvalue weighted by Gasteiger charge is -2.35. The largest absolute Gasteiger partial charge is 0.364 e. The van der Waals surface area contributed by atoms with Gasteiger partial charge in [0, 0.05) is 56.6 Å². The molecule has 8 nitrogen and oxygen atoms in total. The van der Waals surface area contributed by atoms with Gasteiger partial charge in [-0.05, 0) is 18.4 Å². The van der Waals surface area contributed by atoms with Crippen LogP contribution in [0, 0.1) is 0 Å². The third-order valence-electron chi connectivity index (χ3n) is 4.29. The van der Waals surface area contributed by atoms with Gasteiger partial charge < -0.3 is 14.7 Å². The molecule has 0 spiro atoms. The minimum absolute atomic E-state index is 0.127. The van der Waals surface area contributed by atoms with Gasteiger partial charge in [0.1, 0.15) is 12.0 Å². The number of piperazine rings is 1. The van der Waals surface area contributed by atoms with Gasteiger partial charge in [0.2, 0.25) is 10.0 Å². The van der Waals surface area contributed by atoms with Crippen molar-refractivity contribution >= 4 is 27.3 Å². The van der Waals surface area contributed by atoms with E-state index in [1.807, 2.05) is 13.0 Å². The van der Waals surface area contributed by atoms with Crippen molar-refractivity contribution in [2.75, 3.05) is 39.3 Å². The van der Waals surface area contributed by atoms with Crippen molar-refractivity contribution < 1.29 is 12.9 Å². The fourth-order valence-corrected chi connectivity index (χ4v) is 5.04. The normalized spacial score (nSPS) is 16.6. The Kier molecular flexibility index (Phi) is 6.86. The maximum Gasteiger partial charge on any atom is 0.220 e. The summed E-state index contributed by atoms with van der Waals surface area (Å²) in [6, 6.07) is 5.75. The maximum absolute atomic E-state index is 12.5. The van der Waals surface area contributed by atoms with E-state index in [0.717, 1.165) is 18.9 Å². The molecule has 0 radical (unpaired) electrons. The summed E-state index contributed by atoms with van der Waals surface area (Å²) in [5, 5.41) is 9.08. The van der Waals surface area contributed by atoms with Crippen LogP contribution in [0.3, 0.4) is 0 Å². The van der Waals surface area contributed by atoms with Crippen LogP contribution in [0.2, 0.25) is 0 Å². The highest BCUT2D eigenvalue weighted by Gasteiger charge is 2.28. The van der Waals surface area contributed by atoms with Crippen molar-refractivity contribution in [1.82, 2.24) is 19.7 Å². The summed E-state index contributed by atoms with van der Waals surface area (Å²) in [5.41, 5.74) is 0.431. The Labute approximate surface area is 163 Å². The summed E-state index contributed by atoms with van der Waals surface area (Å²) in [5.74, 6) is 0.723. The van der Waals surface area contributed by atoms with Crippen LogP contribution in [0.5, 0.6) is 0 Å². The van der Waals surface area contributed by atoms with E-state index in [-0.39, 0.29) is 5.75 Å². The molecule has 1 saturated heterocycles. The second-order valence-electron chi connectivity index (χ2n) is 6.20. The standard InChI is InChI=1S/C17H25N5O3S2/c1-2-18-17(19-7-5-16-4-3-13-26-16)21-8-10-22(11-9-21)27(23,24)14-15-6-12-25-20-15/h3-4,6,12-13H,2,5,7-11,14H2,1H3,(H,18,19). The zero-order valence-corrected chi connectivity index (χ0v) is 17.0. The highest BCUT2D eigenvalue weighted by molar-refractivity contribution is 7.88. The number of thiophene rings is 1. The van der Waals surface area contributed by atoms with Crippen LogP contribution in [0.15, 0.2) is 39.4 Å². The second kappa shape index (κ2) is 9.34. The molecule has 2 aromatic rings. The van der Waals surface area contributed by atoms with Crippen LogP contribution < -0.4 is 5.32 Å². The quantitative estimate of drug-likeness (QED) is 0.547. The molecule has 0 aliphatic carbocycles. The van der Waals surface area contributed by atoms with E-state index < -0.39 is 10.0 Å². The van der Waals surface area contributed by atoms with Crippen LogP contribution in [0.1, 0.15) is 17.5 Å². The summed E-state index contributed by atoms with van der Waals surface area (Å²) in [4.78, 5) is 8.15. The zero-order valence-electron chi connectivity index (χ0n) is 15.4. The Morgan fingerprint density at radius 2 is 2.15 bits per heavy atom. The molecular weight excluding hydrogens is 386 g/mol. The number of rotatable bonds is 7. The number of guanidine groups is 1. The van der Waals surface area contributed by atoms with E-state index in [9.17, 15) is 8.42 Å². The summed E-state index contributed by atoms with van der Waals surface area (Å²) in [7, 11) is -3.39. The number of nitrogens with zero attached hydrogens (tertiary/aromatic N) is 4. The molecule has 10 heteroatoms. The molecule has 1 aliphatic rings. The number of aliphatic imine (C=N–C) groups is 1. The highest BCUT2D eigenvalue weighted by Crippen LogP contribution is 2.13. The van der Waals surface area contributed by atoms with Crippen LogP contribution in [0.25, 0.3) is 0 Å². The van der Waals surface area contributed by atoms with Gasteiger partial charge in [0.15, 0.2) is 5.96 Å². The van der Waals surface area contributed by atoms with Crippen LogP contribution in [-0.2, 0) is 22.2 Å². The summed E-state index contributed by atoms with van der Waals surface area (Å²) in [6.07, 6.45) is 2.30. The first-order valence-corrected chi connectivity index (χ1v) is 11.5. The molecule has 3 rings (SSSR count). The van der Waals surface area contributed by atoms with Crippen molar-refractivity contribution in [3.63, 3.8) is 0 Å². The van der Waals surface area contributed by atoms with Gasteiger partial charge >= 0.3 is 0 Å². The van der Waals surface area contributed by atoms with Gasteiger partial charge in [-0.25, -0.2) is 8.42 Å². The van der Waals surface area contributed by atoms with Crippen LogP contribution >= 0.6 is 11.3 Å². The molecule has 0 amide bonds. The molecule has 3 heterocycles. The predicted molar refractivity (Wildman–Crippen MR) is 106 cm³/mol. The number of sulfonamides is 1. The minimum Gasteiger partial charge on any atom is -0.364 e. The number of aromatic nitrogens is 1. The predicted octanol–water partition coefficient (Wildman–Crippen LogP) is 1.39. The second-order valence-corrected chi connectivity index (χ2v) is 9.20. The molecular formula is C17H25N5O3S2. The van der Waals surface area contributed by atoms with Crippen molar-refractivity contribution in [2.45, 2.75) is 19.1 Å². The molecule has 1 N–H and O–H groups in total. The Balaban J connectivity index is 1.55. The maximum atomic E-state index is 12.5. The van der Waals surface area contributed by atoms with E-state index >= 15 is 0 Å². The van der Waals surface area contributed by atoms with Gasteiger partial charge in [0.25, 0.3) is 0 Å². The Morgan fingerprint density at radius 3 is 2.78 bits per heavy atom. The third kappa shape index (κ3) is 5.53. The van der Waals surface area contributed by atoms with Crippen molar-refractivity contribution in [2.24, 2.45) is 4.99 Å². The van der Waals surface area contributed by atoms with E-state index in [0.29, 0.717) is 38.4 Å². The number of hydrogen-bond donors (Lipinski definition) is 1. The van der Waals surface area contributed by atoms with Crippen molar-refractivity contribution in [3.8, 4) is 0 Å². The smallest absolute Gasteiger partial charge is 0.220 e. The Bertz CT molecular complexity index is 811. The van der Waals surface area contributed by atoms with Gasteiger partial charge in [-0.3, -0.25) is 4.99 Å². The molecule has 0 saturated carbocycles. The molecule has 2 aromatic heterocycles. The zero-order chi connectivity index (χ0) is 19.1. The van der Waals surface area contributed by atoms with Gasteiger partial charge in [0.05, 0.1) is 5.69 Å². The Hall–Kier alpha value is -1.91. The molecule has 0 bridgehead atoms. The molecule has 27 heavy (non-hydrogen) atoms. The van der Waals surface area contributed by atoms with Crippen molar-refractivity contribution in [3.05, 3.63) is 40.4 Å².